The first-order chi connectivity index (χ1) is 14.0. The third-order valence-electron chi connectivity index (χ3n) is 5.55. The summed E-state index contributed by atoms with van der Waals surface area (Å²) in [6, 6.07) is 17.0. The Morgan fingerprint density at radius 2 is 1.48 bits per heavy atom. The Labute approximate surface area is 174 Å². The smallest absolute Gasteiger partial charge is 0.253 e. The van der Waals surface area contributed by atoms with Crippen molar-refractivity contribution in [3.8, 4) is 0 Å². The van der Waals surface area contributed by atoms with Gasteiger partial charge >= 0.3 is 0 Å². The van der Waals surface area contributed by atoms with E-state index >= 15 is 0 Å². The zero-order valence-electron chi connectivity index (χ0n) is 16.0. The monoisotopic (exact) mass is 411 g/mol. The van der Waals surface area contributed by atoms with Crippen LogP contribution in [0.25, 0.3) is 0 Å². The molecule has 0 spiro atoms. The number of piperazine rings is 1. The maximum Gasteiger partial charge on any atom is 0.253 e. The number of anilines is 2. The number of amides is 2. The zero-order chi connectivity index (χ0) is 20.4. The molecule has 2 saturated heterocycles. The summed E-state index contributed by atoms with van der Waals surface area (Å²) in [4.78, 5) is 42.4. The molecule has 2 aromatic rings. The highest BCUT2D eigenvalue weighted by molar-refractivity contribution is 6.64. The Kier molecular flexibility index (Phi) is 5.53. The van der Waals surface area contributed by atoms with Crippen LogP contribution in [-0.4, -0.2) is 54.7 Å². The van der Waals surface area contributed by atoms with Gasteiger partial charge in [0.05, 0.1) is 17.3 Å². The number of halogens is 1. The molecule has 29 heavy (non-hydrogen) atoms. The summed E-state index contributed by atoms with van der Waals surface area (Å²) in [5, 5.41) is -0.466. The summed E-state index contributed by atoms with van der Waals surface area (Å²) in [5.74, 6) is -0.511. The van der Waals surface area contributed by atoms with Gasteiger partial charge in [0.25, 0.3) is 5.91 Å². The first kappa shape index (κ1) is 19.5. The fraction of sp³-hybridized carbons (Fsp3) is 0.318. The summed E-state index contributed by atoms with van der Waals surface area (Å²) in [5.41, 5.74) is 2.43. The van der Waals surface area contributed by atoms with E-state index in [-0.39, 0.29) is 18.2 Å². The fourth-order valence-corrected chi connectivity index (χ4v) is 4.11. The molecule has 0 unspecified atom stereocenters. The molecule has 0 radical (unpaired) electrons. The van der Waals surface area contributed by atoms with E-state index in [1.165, 1.54) is 0 Å². The van der Waals surface area contributed by atoms with E-state index in [4.69, 9.17) is 11.6 Å². The van der Waals surface area contributed by atoms with Gasteiger partial charge in [-0.3, -0.25) is 14.4 Å². The lowest BCUT2D eigenvalue weighted by atomic mass is 10.1. The molecule has 2 fully saturated rings. The molecular formula is C22H22ClN3O3. The van der Waals surface area contributed by atoms with Crippen molar-refractivity contribution in [1.82, 2.24) is 4.90 Å². The Balaban J connectivity index is 1.48. The molecule has 7 heteroatoms. The van der Waals surface area contributed by atoms with Crippen LogP contribution in [0.5, 0.6) is 0 Å². The summed E-state index contributed by atoms with van der Waals surface area (Å²) in [7, 11) is 0. The van der Waals surface area contributed by atoms with Crippen molar-refractivity contribution in [1.29, 1.82) is 0 Å². The van der Waals surface area contributed by atoms with Crippen LogP contribution in [0.1, 0.15) is 16.8 Å². The van der Waals surface area contributed by atoms with Crippen LogP contribution in [0, 0.1) is 5.92 Å². The molecule has 1 atom stereocenters. The number of carbonyl (C=O) groups is 3. The first-order valence-corrected chi connectivity index (χ1v) is 10.1. The highest BCUT2D eigenvalue weighted by atomic mass is 35.5. The van der Waals surface area contributed by atoms with Crippen molar-refractivity contribution in [3.63, 3.8) is 0 Å². The second kappa shape index (κ2) is 8.25. The summed E-state index contributed by atoms with van der Waals surface area (Å²) in [6.07, 6.45) is 0.149. The summed E-state index contributed by atoms with van der Waals surface area (Å²) in [6.45, 7) is 2.88. The number of hydrogen-bond acceptors (Lipinski definition) is 4. The Morgan fingerprint density at radius 3 is 2.10 bits per heavy atom. The van der Waals surface area contributed by atoms with E-state index in [0.29, 0.717) is 38.3 Å². The average Bonchev–Trinajstić information content (AvgIpc) is 3.16. The van der Waals surface area contributed by atoms with Gasteiger partial charge in [0.2, 0.25) is 11.1 Å². The number of para-hydroxylation sites is 2. The molecular weight excluding hydrogens is 390 g/mol. The third kappa shape index (κ3) is 3.98. The van der Waals surface area contributed by atoms with Crippen LogP contribution in [0.3, 0.4) is 0 Å². The Bertz CT molecular complexity index is 926. The molecule has 2 aliphatic rings. The van der Waals surface area contributed by atoms with Gasteiger partial charge in [-0.25, -0.2) is 0 Å². The number of benzene rings is 2. The lowest BCUT2D eigenvalue weighted by molar-refractivity contribution is -0.120. The van der Waals surface area contributed by atoms with Crippen molar-refractivity contribution in [2.75, 3.05) is 42.5 Å². The molecule has 2 aliphatic heterocycles. The van der Waals surface area contributed by atoms with E-state index in [2.05, 4.69) is 4.90 Å². The van der Waals surface area contributed by atoms with Gasteiger partial charge < -0.3 is 14.7 Å². The van der Waals surface area contributed by atoms with Crippen LogP contribution in [0.2, 0.25) is 0 Å². The minimum Gasteiger partial charge on any atom is -0.366 e. The molecule has 0 aliphatic carbocycles. The van der Waals surface area contributed by atoms with E-state index < -0.39 is 11.2 Å². The molecule has 2 aromatic carbocycles. The molecule has 0 N–H and O–H groups in total. The van der Waals surface area contributed by atoms with E-state index in [1.54, 1.807) is 4.90 Å². The molecule has 0 aromatic heterocycles. The van der Waals surface area contributed by atoms with Crippen molar-refractivity contribution < 1.29 is 14.4 Å². The summed E-state index contributed by atoms with van der Waals surface area (Å²) < 4.78 is 0. The fourth-order valence-electron chi connectivity index (χ4n) is 3.97. The van der Waals surface area contributed by atoms with Crippen molar-refractivity contribution in [2.24, 2.45) is 5.92 Å². The second-order valence-corrected chi connectivity index (χ2v) is 7.72. The van der Waals surface area contributed by atoms with Crippen molar-refractivity contribution in [2.45, 2.75) is 6.42 Å². The maximum absolute atomic E-state index is 12.7. The minimum absolute atomic E-state index is 0.0386. The standard InChI is InChI=1S/C22H22ClN3O3/c23-21(28)17-14-20(27)26(15-17)19-9-5-4-8-18(19)24-10-12-25(13-11-24)22(29)16-6-2-1-3-7-16/h1-9,17H,10-15H2/t17-/m1/s1. The third-order valence-corrected chi connectivity index (χ3v) is 5.86. The van der Waals surface area contributed by atoms with Crippen LogP contribution in [0.15, 0.2) is 54.6 Å². The van der Waals surface area contributed by atoms with Crippen molar-refractivity contribution in [3.05, 3.63) is 60.2 Å². The van der Waals surface area contributed by atoms with Crippen LogP contribution in [0.4, 0.5) is 11.4 Å². The number of rotatable bonds is 4. The van der Waals surface area contributed by atoms with E-state index in [9.17, 15) is 14.4 Å². The molecule has 6 nitrogen and oxygen atoms in total. The average molecular weight is 412 g/mol. The maximum atomic E-state index is 12.7. The number of carbonyl (C=O) groups excluding carboxylic acids is 3. The zero-order valence-corrected chi connectivity index (χ0v) is 16.7. The van der Waals surface area contributed by atoms with Crippen LogP contribution in [-0.2, 0) is 9.59 Å². The molecule has 150 valence electrons. The predicted molar refractivity (Wildman–Crippen MR) is 112 cm³/mol. The van der Waals surface area contributed by atoms with Gasteiger partial charge in [-0.05, 0) is 35.9 Å². The minimum atomic E-state index is -0.466. The largest absolute Gasteiger partial charge is 0.366 e. The summed E-state index contributed by atoms with van der Waals surface area (Å²) >= 11 is 5.62. The van der Waals surface area contributed by atoms with Crippen molar-refractivity contribution >= 4 is 40.0 Å². The van der Waals surface area contributed by atoms with E-state index in [0.717, 1.165) is 11.4 Å². The highest BCUT2D eigenvalue weighted by Gasteiger charge is 2.36. The first-order valence-electron chi connectivity index (χ1n) is 9.72. The number of nitrogens with zero attached hydrogens (tertiary/aromatic N) is 3. The van der Waals surface area contributed by atoms with Crippen LogP contribution < -0.4 is 9.80 Å². The van der Waals surface area contributed by atoms with Gasteiger partial charge in [0.15, 0.2) is 0 Å². The SMILES string of the molecule is O=C(Cl)[C@@H]1CC(=O)N(c2ccccc2N2CCN(C(=O)c3ccccc3)CC2)C1. The van der Waals surface area contributed by atoms with Gasteiger partial charge in [0, 0.05) is 44.7 Å². The Morgan fingerprint density at radius 1 is 0.862 bits per heavy atom. The lowest BCUT2D eigenvalue weighted by Gasteiger charge is -2.37. The Hall–Kier alpha value is -2.86. The number of hydrogen-bond donors (Lipinski definition) is 0. The quantitative estimate of drug-likeness (QED) is 0.726. The van der Waals surface area contributed by atoms with Gasteiger partial charge in [-0.2, -0.15) is 0 Å². The molecule has 0 saturated carbocycles. The second-order valence-electron chi connectivity index (χ2n) is 7.34. The molecule has 2 amide bonds. The van der Waals surface area contributed by atoms with E-state index in [1.807, 2.05) is 59.5 Å². The van der Waals surface area contributed by atoms with Gasteiger partial charge in [-0.15, -0.1) is 0 Å². The molecule has 2 heterocycles. The van der Waals surface area contributed by atoms with Gasteiger partial charge in [0.1, 0.15) is 0 Å². The topological polar surface area (TPSA) is 60.9 Å². The van der Waals surface area contributed by atoms with Gasteiger partial charge in [-0.1, -0.05) is 30.3 Å². The molecule has 0 bridgehead atoms. The highest BCUT2D eigenvalue weighted by Crippen LogP contribution is 2.34. The molecule has 4 rings (SSSR count). The lowest BCUT2D eigenvalue weighted by Crippen LogP contribution is -2.49. The normalized spacial score (nSPS) is 19.6. The van der Waals surface area contributed by atoms with Crippen LogP contribution >= 0.6 is 11.6 Å². The predicted octanol–water partition coefficient (Wildman–Crippen LogP) is 2.77.